The maximum atomic E-state index is 12.5. The molecule has 120 valence electrons. The molecule has 2 heterocycles. The molecule has 2 aliphatic rings. The fourth-order valence-corrected chi connectivity index (χ4v) is 3.08. The number of urea groups is 1. The van der Waals surface area contributed by atoms with Gasteiger partial charge in [0.2, 0.25) is 0 Å². The van der Waals surface area contributed by atoms with Gasteiger partial charge in [0, 0.05) is 32.8 Å². The average Bonchev–Trinajstić information content (AvgIpc) is 2.52. The second-order valence-corrected chi connectivity index (χ2v) is 5.99. The number of nitrogens with zero attached hydrogens (tertiary/aromatic N) is 2. The highest BCUT2D eigenvalue weighted by atomic mass is 16.5. The predicted molar refractivity (Wildman–Crippen MR) is 78.2 cm³/mol. The number of hydrogen-bond acceptors (Lipinski definition) is 3. The van der Waals surface area contributed by atoms with Crippen LogP contribution in [0.2, 0.25) is 0 Å². The maximum Gasteiger partial charge on any atom is 0.320 e. The molecule has 2 amide bonds. The number of carboxylic acids is 1. The summed E-state index contributed by atoms with van der Waals surface area (Å²) in [6, 6.07) is -0.0225. The molecule has 0 aliphatic carbocycles. The average molecular weight is 298 g/mol. The topological polar surface area (TPSA) is 70.1 Å². The van der Waals surface area contributed by atoms with E-state index in [-0.39, 0.29) is 12.1 Å². The molecule has 0 aromatic rings. The molecule has 0 aromatic heterocycles. The van der Waals surface area contributed by atoms with Gasteiger partial charge in [0.05, 0.1) is 12.0 Å². The molecule has 1 unspecified atom stereocenters. The second kappa shape index (κ2) is 7.64. The molecule has 6 heteroatoms. The van der Waals surface area contributed by atoms with E-state index in [9.17, 15) is 9.59 Å². The van der Waals surface area contributed by atoms with Gasteiger partial charge in [0.25, 0.3) is 0 Å². The van der Waals surface area contributed by atoms with Crippen LogP contribution in [0.5, 0.6) is 0 Å². The summed E-state index contributed by atoms with van der Waals surface area (Å²) >= 11 is 0. The van der Waals surface area contributed by atoms with E-state index in [4.69, 9.17) is 9.84 Å². The van der Waals surface area contributed by atoms with Crippen LogP contribution < -0.4 is 0 Å². The van der Waals surface area contributed by atoms with Gasteiger partial charge >= 0.3 is 12.0 Å². The standard InChI is InChI=1S/C15H26N2O4/c1-2-9-21-13-6-4-8-17(11-13)15(20)16-7-3-5-12(10-16)14(18)19/h12-13H,2-11H2,1H3,(H,18,19)/t12-,13?/m1/s1. The molecule has 6 nitrogen and oxygen atoms in total. The SMILES string of the molecule is CCCOC1CCCN(C(=O)N2CCC[C@@H](C(=O)O)C2)C1. The van der Waals surface area contributed by atoms with Gasteiger partial charge in [-0.15, -0.1) is 0 Å². The van der Waals surface area contributed by atoms with Gasteiger partial charge in [0.1, 0.15) is 0 Å². The summed E-state index contributed by atoms with van der Waals surface area (Å²) in [5.41, 5.74) is 0. The molecule has 2 saturated heterocycles. The van der Waals surface area contributed by atoms with Crippen LogP contribution in [0.4, 0.5) is 4.79 Å². The number of ether oxygens (including phenoxy) is 1. The van der Waals surface area contributed by atoms with Crippen LogP contribution >= 0.6 is 0 Å². The third-order valence-corrected chi connectivity index (χ3v) is 4.25. The molecular weight excluding hydrogens is 272 g/mol. The van der Waals surface area contributed by atoms with Crippen molar-refractivity contribution in [1.82, 2.24) is 9.80 Å². The molecule has 2 atom stereocenters. The lowest BCUT2D eigenvalue weighted by Gasteiger charge is -2.38. The fourth-order valence-electron chi connectivity index (χ4n) is 3.08. The Balaban J connectivity index is 1.88. The lowest BCUT2D eigenvalue weighted by molar-refractivity contribution is -0.143. The Morgan fingerprint density at radius 3 is 2.48 bits per heavy atom. The van der Waals surface area contributed by atoms with Crippen LogP contribution in [0, 0.1) is 5.92 Å². The molecule has 0 radical (unpaired) electrons. The van der Waals surface area contributed by atoms with Gasteiger partial charge in [-0.1, -0.05) is 6.92 Å². The molecule has 0 aromatic carbocycles. The first kappa shape index (κ1) is 16.1. The number of piperidine rings is 2. The first-order valence-corrected chi connectivity index (χ1v) is 8.00. The summed E-state index contributed by atoms with van der Waals surface area (Å²) in [7, 11) is 0. The molecule has 2 rings (SSSR count). The van der Waals surface area contributed by atoms with E-state index < -0.39 is 11.9 Å². The van der Waals surface area contributed by atoms with E-state index in [0.29, 0.717) is 26.1 Å². The first-order chi connectivity index (χ1) is 10.1. The molecule has 1 N–H and O–H groups in total. The number of carbonyl (C=O) groups is 2. The molecule has 2 aliphatic heterocycles. The van der Waals surface area contributed by atoms with Gasteiger partial charge in [-0.2, -0.15) is 0 Å². The normalized spacial score (nSPS) is 26.7. The van der Waals surface area contributed by atoms with E-state index in [1.165, 1.54) is 0 Å². The quantitative estimate of drug-likeness (QED) is 0.859. The minimum atomic E-state index is -0.796. The summed E-state index contributed by atoms with van der Waals surface area (Å²) in [4.78, 5) is 27.2. The number of carbonyl (C=O) groups excluding carboxylic acids is 1. The third kappa shape index (κ3) is 4.33. The van der Waals surface area contributed by atoms with Gasteiger partial charge < -0.3 is 19.6 Å². The van der Waals surface area contributed by atoms with Crippen molar-refractivity contribution >= 4 is 12.0 Å². The lowest BCUT2D eigenvalue weighted by Crippen LogP contribution is -2.52. The Bertz CT molecular complexity index is 375. The molecule has 0 saturated carbocycles. The van der Waals surface area contributed by atoms with Crippen LogP contribution in [-0.2, 0) is 9.53 Å². The van der Waals surface area contributed by atoms with E-state index in [2.05, 4.69) is 6.92 Å². The van der Waals surface area contributed by atoms with Crippen molar-refractivity contribution in [3.8, 4) is 0 Å². The molecular formula is C15H26N2O4. The number of rotatable bonds is 4. The van der Waals surface area contributed by atoms with Gasteiger partial charge in [0.15, 0.2) is 0 Å². The highest BCUT2D eigenvalue weighted by Crippen LogP contribution is 2.20. The van der Waals surface area contributed by atoms with E-state index in [0.717, 1.165) is 38.8 Å². The highest BCUT2D eigenvalue weighted by Gasteiger charge is 2.32. The van der Waals surface area contributed by atoms with Crippen molar-refractivity contribution in [2.75, 3.05) is 32.8 Å². The molecule has 0 bridgehead atoms. The van der Waals surface area contributed by atoms with Crippen LogP contribution in [0.3, 0.4) is 0 Å². The number of carboxylic acid groups (broad SMARTS) is 1. The van der Waals surface area contributed by atoms with Crippen molar-refractivity contribution in [3.63, 3.8) is 0 Å². The monoisotopic (exact) mass is 298 g/mol. The number of hydrogen-bond donors (Lipinski definition) is 1. The Kier molecular flexibility index (Phi) is 5.85. The summed E-state index contributed by atoms with van der Waals surface area (Å²) in [6.45, 7) is 5.19. The van der Waals surface area contributed by atoms with Gasteiger partial charge in [-0.25, -0.2) is 4.79 Å². The minimum absolute atomic E-state index is 0.0225. The lowest BCUT2D eigenvalue weighted by atomic mass is 9.98. The Morgan fingerprint density at radius 1 is 1.14 bits per heavy atom. The van der Waals surface area contributed by atoms with E-state index in [1.54, 1.807) is 4.90 Å². The molecule has 0 spiro atoms. The van der Waals surface area contributed by atoms with Gasteiger partial charge in [-0.3, -0.25) is 4.79 Å². The van der Waals surface area contributed by atoms with Crippen molar-refractivity contribution < 1.29 is 19.4 Å². The zero-order valence-corrected chi connectivity index (χ0v) is 12.8. The smallest absolute Gasteiger partial charge is 0.320 e. The number of aliphatic carboxylic acids is 1. The summed E-state index contributed by atoms with van der Waals surface area (Å²) in [5.74, 6) is -1.21. The Labute approximate surface area is 126 Å². The van der Waals surface area contributed by atoms with Crippen molar-refractivity contribution in [2.45, 2.75) is 45.1 Å². The molecule has 2 fully saturated rings. The van der Waals surface area contributed by atoms with Gasteiger partial charge in [-0.05, 0) is 32.1 Å². The summed E-state index contributed by atoms with van der Waals surface area (Å²) < 4.78 is 5.75. The number of amides is 2. The second-order valence-electron chi connectivity index (χ2n) is 5.99. The fraction of sp³-hybridized carbons (Fsp3) is 0.867. The zero-order valence-electron chi connectivity index (χ0n) is 12.8. The largest absolute Gasteiger partial charge is 0.481 e. The van der Waals surface area contributed by atoms with Crippen molar-refractivity contribution in [2.24, 2.45) is 5.92 Å². The number of likely N-dealkylation sites (tertiary alicyclic amines) is 2. The third-order valence-electron chi connectivity index (χ3n) is 4.25. The Morgan fingerprint density at radius 2 is 1.81 bits per heavy atom. The van der Waals surface area contributed by atoms with Crippen LogP contribution in [0.25, 0.3) is 0 Å². The minimum Gasteiger partial charge on any atom is -0.481 e. The highest BCUT2D eigenvalue weighted by molar-refractivity contribution is 5.76. The van der Waals surface area contributed by atoms with Crippen LogP contribution in [0.15, 0.2) is 0 Å². The zero-order chi connectivity index (χ0) is 15.2. The van der Waals surface area contributed by atoms with Crippen molar-refractivity contribution in [3.05, 3.63) is 0 Å². The van der Waals surface area contributed by atoms with Crippen LogP contribution in [0.1, 0.15) is 39.0 Å². The molecule has 21 heavy (non-hydrogen) atoms. The summed E-state index contributed by atoms with van der Waals surface area (Å²) in [6.07, 6.45) is 4.50. The van der Waals surface area contributed by atoms with E-state index in [1.807, 2.05) is 4.90 Å². The maximum absolute atomic E-state index is 12.5. The Hall–Kier alpha value is -1.30. The van der Waals surface area contributed by atoms with E-state index >= 15 is 0 Å². The predicted octanol–water partition coefficient (Wildman–Crippen LogP) is 1.79. The first-order valence-electron chi connectivity index (χ1n) is 8.00. The van der Waals surface area contributed by atoms with Crippen molar-refractivity contribution in [1.29, 1.82) is 0 Å². The van der Waals surface area contributed by atoms with Crippen LogP contribution in [-0.4, -0.2) is 65.8 Å². The summed E-state index contributed by atoms with van der Waals surface area (Å²) in [5, 5.41) is 9.12.